The van der Waals surface area contributed by atoms with Crippen LogP contribution in [0, 0.1) is 11.3 Å². The molecule has 25 heavy (non-hydrogen) atoms. The minimum Gasteiger partial charge on any atom is -0.379 e. The van der Waals surface area contributed by atoms with Crippen LogP contribution in [-0.2, 0) is 11.3 Å². The summed E-state index contributed by atoms with van der Waals surface area (Å²) in [6.07, 6.45) is 0. The van der Waals surface area contributed by atoms with Gasteiger partial charge in [-0.25, -0.2) is 4.98 Å². The molecule has 0 amide bonds. The molecule has 0 N–H and O–H groups in total. The minimum absolute atomic E-state index is 0.641. The zero-order valence-electron chi connectivity index (χ0n) is 14.0. The zero-order chi connectivity index (χ0) is 17.1. The van der Waals surface area contributed by atoms with Gasteiger partial charge in [0, 0.05) is 30.6 Å². The first-order valence-electron chi connectivity index (χ1n) is 8.53. The number of fused-ring (bicyclic) bond motifs is 1. The van der Waals surface area contributed by atoms with Gasteiger partial charge in [0.05, 0.1) is 36.1 Å². The summed E-state index contributed by atoms with van der Waals surface area (Å²) in [5.74, 6) is 0. The van der Waals surface area contributed by atoms with Crippen LogP contribution in [0.25, 0.3) is 22.2 Å². The van der Waals surface area contributed by atoms with E-state index < -0.39 is 0 Å². The van der Waals surface area contributed by atoms with Gasteiger partial charge in [0.25, 0.3) is 0 Å². The molecule has 0 spiro atoms. The van der Waals surface area contributed by atoms with Gasteiger partial charge >= 0.3 is 0 Å². The van der Waals surface area contributed by atoms with E-state index in [0.717, 1.165) is 55.0 Å². The van der Waals surface area contributed by atoms with Gasteiger partial charge in [-0.05, 0) is 23.8 Å². The molecule has 2 aromatic carbocycles. The second-order valence-electron chi connectivity index (χ2n) is 6.26. The van der Waals surface area contributed by atoms with Gasteiger partial charge in [0.15, 0.2) is 0 Å². The molecule has 4 rings (SSSR count). The van der Waals surface area contributed by atoms with Crippen molar-refractivity contribution in [1.29, 1.82) is 5.26 Å². The molecule has 124 valence electrons. The number of morpholine rings is 1. The number of nitriles is 1. The SMILES string of the molecule is N#Cc1ccc2c(CN3CCOCC3)cc(-c3ccccc3)nc2c1. The lowest BCUT2D eigenvalue weighted by Gasteiger charge is -2.27. The maximum atomic E-state index is 9.21. The number of nitrogens with zero attached hydrogens (tertiary/aromatic N) is 3. The van der Waals surface area contributed by atoms with Crippen LogP contribution in [0.2, 0.25) is 0 Å². The van der Waals surface area contributed by atoms with Crippen LogP contribution in [0.4, 0.5) is 0 Å². The number of aromatic nitrogens is 1. The highest BCUT2D eigenvalue weighted by Gasteiger charge is 2.14. The monoisotopic (exact) mass is 329 g/mol. The van der Waals surface area contributed by atoms with E-state index in [1.54, 1.807) is 0 Å². The number of rotatable bonds is 3. The van der Waals surface area contributed by atoms with Gasteiger partial charge in [0.1, 0.15) is 0 Å². The first-order chi connectivity index (χ1) is 12.3. The topological polar surface area (TPSA) is 49.2 Å². The van der Waals surface area contributed by atoms with E-state index >= 15 is 0 Å². The quantitative estimate of drug-likeness (QED) is 0.736. The molecule has 0 bridgehead atoms. The zero-order valence-corrected chi connectivity index (χ0v) is 14.0. The Labute approximate surface area is 147 Å². The highest BCUT2D eigenvalue weighted by molar-refractivity contribution is 5.86. The number of hydrogen-bond acceptors (Lipinski definition) is 4. The lowest BCUT2D eigenvalue weighted by Crippen LogP contribution is -2.35. The van der Waals surface area contributed by atoms with Crippen LogP contribution in [0.1, 0.15) is 11.1 Å². The summed E-state index contributed by atoms with van der Waals surface area (Å²) >= 11 is 0. The fraction of sp³-hybridized carbons (Fsp3) is 0.238. The van der Waals surface area contributed by atoms with Crippen molar-refractivity contribution in [1.82, 2.24) is 9.88 Å². The van der Waals surface area contributed by atoms with E-state index in [0.29, 0.717) is 5.56 Å². The van der Waals surface area contributed by atoms with E-state index in [1.165, 1.54) is 5.56 Å². The van der Waals surface area contributed by atoms with Crippen LogP contribution in [0.3, 0.4) is 0 Å². The summed E-state index contributed by atoms with van der Waals surface area (Å²) in [5, 5.41) is 10.3. The second-order valence-corrected chi connectivity index (χ2v) is 6.26. The molecule has 0 radical (unpaired) electrons. The summed E-state index contributed by atoms with van der Waals surface area (Å²) in [4.78, 5) is 7.22. The third-order valence-corrected chi connectivity index (χ3v) is 4.59. The normalized spacial score (nSPS) is 15.2. The molecule has 1 aromatic heterocycles. The van der Waals surface area contributed by atoms with Crippen molar-refractivity contribution in [3.8, 4) is 17.3 Å². The Morgan fingerprint density at radius 1 is 1.04 bits per heavy atom. The average Bonchev–Trinajstić information content (AvgIpc) is 2.69. The van der Waals surface area contributed by atoms with E-state index in [1.807, 2.05) is 36.4 Å². The lowest BCUT2D eigenvalue weighted by atomic mass is 10.0. The summed E-state index contributed by atoms with van der Waals surface area (Å²) in [6.45, 7) is 4.33. The smallest absolute Gasteiger partial charge is 0.0992 e. The number of ether oxygens (including phenoxy) is 1. The molecule has 0 unspecified atom stereocenters. The molecule has 4 nitrogen and oxygen atoms in total. The molecule has 1 aliphatic heterocycles. The first-order valence-corrected chi connectivity index (χ1v) is 8.53. The van der Waals surface area contributed by atoms with Gasteiger partial charge < -0.3 is 4.74 Å². The standard InChI is InChI=1S/C21H19N3O/c22-14-16-6-7-19-18(15-24-8-10-25-11-9-24)13-20(23-21(19)12-16)17-4-2-1-3-5-17/h1-7,12-13H,8-11,15H2. The molecular formula is C21H19N3O. The number of benzene rings is 2. The maximum absolute atomic E-state index is 9.21. The Kier molecular flexibility index (Phi) is 4.43. The molecule has 2 heterocycles. The average molecular weight is 329 g/mol. The third kappa shape index (κ3) is 3.39. The highest BCUT2D eigenvalue weighted by Crippen LogP contribution is 2.26. The van der Waals surface area contributed by atoms with Gasteiger partial charge in [0.2, 0.25) is 0 Å². The Bertz CT molecular complexity index is 925. The predicted octanol–water partition coefficient (Wildman–Crippen LogP) is 3.61. The fourth-order valence-electron chi connectivity index (χ4n) is 3.26. The van der Waals surface area contributed by atoms with E-state index in [-0.39, 0.29) is 0 Å². The molecule has 4 heteroatoms. The molecule has 1 aliphatic rings. The second kappa shape index (κ2) is 7.02. The van der Waals surface area contributed by atoms with Crippen LogP contribution in [0.15, 0.2) is 54.6 Å². The molecule has 0 saturated carbocycles. The molecule has 1 fully saturated rings. The number of pyridine rings is 1. The minimum atomic E-state index is 0.641. The summed E-state index contributed by atoms with van der Waals surface area (Å²) in [7, 11) is 0. The largest absolute Gasteiger partial charge is 0.379 e. The number of hydrogen-bond donors (Lipinski definition) is 0. The van der Waals surface area contributed by atoms with Crippen molar-refractivity contribution in [2.75, 3.05) is 26.3 Å². The van der Waals surface area contributed by atoms with E-state index in [2.05, 4.69) is 29.2 Å². The van der Waals surface area contributed by atoms with Crippen LogP contribution in [0.5, 0.6) is 0 Å². The predicted molar refractivity (Wildman–Crippen MR) is 98.0 cm³/mol. The molecular weight excluding hydrogens is 310 g/mol. The van der Waals surface area contributed by atoms with E-state index in [9.17, 15) is 5.26 Å². The van der Waals surface area contributed by atoms with Crippen LogP contribution in [-0.4, -0.2) is 36.2 Å². The first kappa shape index (κ1) is 15.8. The Balaban J connectivity index is 1.82. The van der Waals surface area contributed by atoms with E-state index in [4.69, 9.17) is 9.72 Å². The van der Waals surface area contributed by atoms with Crippen molar-refractivity contribution in [3.05, 3.63) is 65.7 Å². The molecule has 0 atom stereocenters. The van der Waals surface area contributed by atoms with Gasteiger partial charge in [-0.2, -0.15) is 5.26 Å². The maximum Gasteiger partial charge on any atom is 0.0992 e. The van der Waals surface area contributed by atoms with Crippen LogP contribution >= 0.6 is 0 Å². The van der Waals surface area contributed by atoms with Crippen molar-refractivity contribution in [3.63, 3.8) is 0 Å². The van der Waals surface area contributed by atoms with Gasteiger partial charge in [-0.15, -0.1) is 0 Å². The Morgan fingerprint density at radius 2 is 1.84 bits per heavy atom. The molecule has 3 aromatic rings. The van der Waals surface area contributed by atoms with Crippen molar-refractivity contribution in [2.24, 2.45) is 0 Å². The van der Waals surface area contributed by atoms with Gasteiger partial charge in [-0.3, -0.25) is 4.90 Å². The summed E-state index contributed by atoms with van der Waals surface area (Å²) in [6, 6.07) is 20.4. The lowest BCUT2D eigenvalue weighted by molar-refractivity contribution is 0.0344. The Hall–Kier alpha value is -2.74. The third-order valence-electron chi connectivity index (χ3n) is 4.59. The van der Waals surface area contributed by atoms with Crippen molar-refractivity contribution >= 4 is 10.9 Å². The van der Waals surface area contributed by atoms with Crippen molar-refractivity contribution < 1.29 is 4.74 Å². The summed E-state index contributed by atoms with van der Waals surface area (Å²) in [5.41, 5.74) is 4.81. The van der Waals surface area contributed by atoms with Crippen molar-refractivity contribution in [2.45, 2.75) is 6.54 Å². The highest BCUT2D eigenvalue weighted by atomic mass is 16.5. The van der Waals surface area contributed by atoms with Crippen LogP contribution < -0.4 is 0 Å². The molecule has 0 aliphatic carbocycles. The fourth-order valence-corrected chi connectivity index (χ4v) is 3.26. The molecule has 1 saturated heterocycles. The summed E-state index contributed by atoms with van der Waals surface area (Å²) < 4.78 is 5.46. The Morgan fingerprint density at radius 3 is 2.60 bits per heavy atom. The van der Waals surface area contributed by atoms with Gasteiger partial charge in [-0.1, -0.05) is 36.4 Å².